The van der Waals surface area contributed by atoms with Crippen molar-refractivity contribution in [3.05, 3.63) is 17.5 Å². The number of rotatable bonds is 9. The molecule has 0 aliphatic heterocycles. The normalized spacial score (nSPS) is 14.6. The highest BCUT2D eigenvalue weighted by molar-refractivity contribution is 5.85. The van der Waals surface area contributed by atoms with E-state index in [1.807, 2.05) is 6.92 Å². The van der Waals surface area contributed by atoms with Crippen LogP contribution in [0.5, 0.6) is 0 Å². The van der Waals surface area contributed by atoms with E-state index in [2.05, 4.69) is 29.9 Å². The monoisotopic (exact) mass is 301 g/mol. The fraction of sp³-hybridized carbons (Fsp3) is 0.800. The maximum absolute atomic E-state index is 5.33. The van der Waals surface area contributed by atoms with Crippen LogP contribution in [0.3, 0.4) is 0 Å². The number of ether oxygens (including phenoxy) is 1. The highest BCUT2D eigenvalue weighted by Crippen LogP contribution is 2.39. The van der Waals surface area contributed by atoms with Crippen molar-refractivity contribution < 1.29 is 4.74 Å². The molecule has 1 aliphatic rings. The molecule has 0 aromatic carbocycles. The Bertz CT molecular complexity index is 388. The molecule has 0 unspecified atom stereocenters. The van der Waals surface area contributed by atoms with E-state index in [4.69, 9.17) is 9.84 Å². The van der Waals surface area contributed by atoms with Crippen molar-refractivity contribution in [1.29, 1.82) is 0 Å². The third-order valence-corrected chi connectivity index (χ3v) is 3.47. The second kappa shape index (κ2) is 8.65. The molecule has 4 nitrogen and oxygen atoms in total. The molecule has 116 valence electrons. The lowest BCUT2D eigenvalue weighted by Crippen LogP contribution is -2.19. The first-order valence-corrected chi connectivity index (χ1v) is 7.59. The molecule has 0 spiro atoms. The van der Waals surface area contributed by atoms with Gasteiger partial charge in [-0.15, -0.1) is 12.4 Å². The molecular formula is C15H28ClN3O. The van der Waals surface area contributed by atoms with Gasteiger partial charge in [-0.1, -0.05) is 0 Å². The van der Waals surface area contributed by atoms with E-state index in [1.54, 1.807) is 0 Å². The number of hydrogen-bond acceptors (Lipinski definition) is 3. The standard InChI is InChI=1S/C15H27N3O.ClH/c1-4-19-9-5-8-16-11-14-10-15(13-6-7-13)17-18(14)12(2)3;/h10,12-13,16H,4-9,11H2,1-3H3;1H. The van der Waals surface area contributed by atoms with Crippen molar-refractivity contribution in [2.75, 3.05) is 19.8 Å². The minimum Gasteiger partial charge on any atom is -0.382 e. The number of nitrogens with zero attached hydrogens (tertiary/aromatic N) is 2. The Morgan fingerprint density at radius 2 is 2.20 bits per heavy atom. The summed E-state index contributed by atoms with van der Waals surface area (Å²) in [5.41, 5.74) is 2.60. The van der Waals surface area contributed by atoms with Gasteiger partial charge in [-0.3, -0.25) is 4.68 Å². The molecule has 1 aromatic rings. The van der Waals surface area contributed by atoms with Gasteiger partial charge in [0.1, 0.15) is 0 Å². The summed E-state index contributed by atoms with van der Waals surface area (Å²) in [4.78, 5) is 0. The molecule has 2 rings (SSSR count). The molecule has 0 radical (unpaired) electrons. The zero-order valence-electron chi connectivity index (χ0n) is 12.9. The van der Waals surface area contributed by atoms with Crippen LogP contribution in [-0.2, 0) is 11.3 Å². The van der Waals surface area contributed by atoms with Crippen LogP contribution in [0.25, 0.3) is 0 Å². The Labute approximate surface area is 128 Å². The van der Waals surface area contributed by atoms with E-state index in [-0.39, 0.29) is 12.4 Å². The van der Waals surface area contributed by atoms with E-state index in [0.717, 1.165) is 38.6 Å². The number of aromatic nitrogens is 2. The van der Waals surface area contributed by atoms with Crippen LogP contribution in [0, 0.1) is 0 Å². The zero-order valence-corrected chi connectivity index (χ0v) is 13.7. The van der Waals surface area contributed by atoms with E-state index in [0.29, 0.717) is 6.04 Å². The van der Waals surface area contributed by atoms with Gasteiger partial charge in [0, 0.05) is 31.7 Å². The van der Waals surface area contributed by atoms with Gasteiger partial charge in [0.15, 0.2) is 0 Å². The first-order chi connectivity index (χ1) is 9.22. The quantitative estimate of drug-likeness (QED) is 0.712. The summed E-state index contributed by atoms with van der Waals surface area (Å²) in [5, 5.41) is 8.24. The number of hydrogen-bond donors (Lipinski definition) is 1. The van der Waals surface area contributed by atoms with Crippen molar-refractivity contribution in [3.8, 4) is 0 Å². The van der Waals surface area contributed by atoms with Crippen LogP contribution >= 0.6 is 12.4 Å². The third kappa shape index (κ3) is 5.08. The zero-order chi connectivity index (χ0) is 13.7. The minimum atomic E-state index is 0. The van der Waals surface area contributed by atoms with Gasteiger partial charge in [-0.25, -0.2) is 0 Å². The van der Waals surface area contributed by atoms with Crippen molar-refractivity contribution in [2.24, 2.45) is 0 Å². The van der Waals surface area contributed by atoms with Gasteiger partial charge in [0.05, 0.1) is 11.4 Å². The van der Waals surface area contributed by atoms with Crippen molar-refractivity contribution in [2.45, 2.75) is 58.5 Å². The fourth-order valence-electron chi connectivity index (χ4n) is 2.27. The summed E-state index contributed by atoms with van der Waals surface area (Å²) in [6.07, 6.45) is 3.70. The Morgan fingerprint density at radius 1 is 1.45 bits per heavy atom. The van der Waals surface area contributed by atoms with Crippen LogP contribution in [0.4, 0.5) is 0 Å². The summed E-state index contributed by atoms with van der Waals surface area (Å²) in [5.74, 6) is 0.733. The van der Waals surface area contributed by atoms with Gasteiger partial charge < -0.3 is 10.1 Å². The molecule has 1 aromatic heterocycles. The summed E-state index contributed by atoms with van der Waals surface area (Å²) < 4.78 is 7.50. The van der Waals surface area contributed by atoms with Gasteiger partial charge >= 0.3 is 0 Å². The summed E-state index contributed by atoms with van der Waals surface area (Å²) in [7, 11) is 0. The lowest BCUT2D eigenvalue weighted by molar-refractivity contribution is 0.144. The lowest BCUT2D eigenvalue weighted by Gasteiger charge is -2.11. The van der Waals surface area contributed by atoms with E-state index < -0.39 is 0 Å². The molecule has 1 aliphatic carbocycles. The molecule has 1 saturated carbocycles. The van der Waals surface area contributed by atoms with Gasteiger partial charge in [-0.2, -0.15) is 5.10 Å². The van der Waals surface area contributed by atoms with Crippen LogP contribution in [-0.4, -0.2) is 29.5 Å². The Kier molecular flexibility index (Phi) is 7.56. The molecule has 1 fully saturated rings. The van der Waals surface area contributed by atoms with Crippen molar-refractivity contribution in [1.82, 2.24) is 15.1 Å². The van der Waals surface area contributed by atoms with Crippen LogP contribution in [0.1, 0.15) is 63.4 Å². The smallest absolute Gasteiger partial charge is 0.0659 e. The number of nitrogens with one attached hydrogen (secondary N) is 1. The second-order valence-electron chi connectivity index (χ2n) is 5.60. The van der Waals surface area contributed by atoms with Crippen molar-refractivity contribution in [3.63, 3.8) is 0 Å². The van der Waals surface area contributed by atoms with E-state index in [9.17, 15) is 0 Å². The second-order valence-corrected chi connectivity index (χ2v) is 5.60. The average Bonchev–Trinajstić information content (AvgIpc) is 3.14. The summed E-state index contributed by atoms with van der Waals surface area (Å²) in [6, 6.07) is 2.72. The third-order valence-electron chi connectivity index (χ3n) is 3.47. The average molecular weight is 302 g/mol. The lowest BCUT2D eigenvalue weighted by atomic mass is 10.2. The molecule has 0 saturated heterocycles. The molecule has 0 amide bonds. The SMILES string of the molecule is CCOCCCNCc1cc(C2CC2)nn1C(C)C.Cl. The topological polar surface area (TPSA) is 39.1 Å². The maximum Gasteiger partial charge on any atom is 0.0659 e. The first-order valence-electron chi connectivity index (χ1n) is 7.59. The Hall–Kier alpha value is -0.580. The molecule has 0 atom stereocenters. The maximum atomic E-state index is 5.33. The van der Waals surface area contributed by atoms with Crippen LogP contribution in [0.2, 0.25) is 0 Å². The molecule has 5 heteroatoms. The molecule has 1 N–H and O–H groups in total. The predicted octanol–water partition coefficient (Wildman–Crippen LogP) is 3.28. The molecular weight excluding hydrogens is 274 g/mol. The summed E-state index contributed by atoms with van der Waals surface area (Å²) in [6.45, 7) is 10.00. The van der Waals surface area contributed by atoms with E-state index in [1.165, 1.54) is 24.2 Å². The summed E-state index contributed by atoms with van der Waals surface area (Å²) >= 11 is 0. The molecule has 20 heavy (non-hydrogen) atoms. The van der Waals surface area contributed by atoms with Gasteiger partial charge in [0.25, 0.3) is 0 Å². The first kappa shape index (κ1) is 17.5. The Morgan fingerprint density at radius 3 is 2.80 bits per heavy atom. The fourth-order valence-corrected chi connectivity index (χ4v) is 2.27. The largest absolute Gasteiger partial charge is 0.382 e. The number of halogens is 1. The minimum absolute atomic E-state index is 0. The molecule has 1 heterocycles. The van der Waals surface area contributed by atoms with Gasteiger partial charge in [0.2, 0.25) is 0 Å². The van der Waals surface area contributed by atoms with Crippen LogP contribution < -0.4 is 5.32 Å². The predicted molar refractivity (Wildman–Crippen MR) is 84.7 cm³/mol. The Balaban J connectivity index is 0.00000200. The highest BCUT2D eigenvalue weighted by atomic mass is 35.5. The van der Waals surface area contributed by atoms with Crippen molar-refractivity contribution >= 4 is 12.4 Å². The van der Waals surface area contributed by atoms with Gasteiger partial charge in [-0.05, 0) is 52.6 Å². The van der Waals surface area contributed by atoms with Crippen LogP contribution in [0.15, 0.2) is 6.07 Å². The van der Waals surface area contributed by atoms with E-state index >= 15 is 0 Å². The molecule has 0 bridgehead atoms. The highest BCUT2D eigenvalue weighted by Gasteiger charge is 2.27.